The van der Waals surface area contributed by atoms with Crippen molar-refractivity contribution in [1.82, 2.24) is 9.55 Å². The Labute approximate surface area is 91.3 Å². The Morgan fingerprint density at radius 2 is 2.53 bits per heavy atom. The summed E-state index contributed by atoms with van der Waals surface area (Å²) >= 11 is 1.67. The van der Waals surface area contributed by atoms with Crippen LogP contribution in [0.15, 0.2) is 17.1 Å². The molecule has 1 fully saturated rings. The molecule has 3 N–H and O–H groups in total. The van der Waals surface area contributed by atoms with Crippen LogP contribution >= 0.6 is 11.8 Å². The molecule has 0 unspecified atom stereocenters. The standard InChI is InChI=1S/C9H13N3O2S/c10-7-1-2-12(9(14)11-7)8-3-6(4-13)5-15-8/h1-2,6,8,13H,3-5H2,(H2,10,11,14)/t6-,8-/m1/s1. The first kappa shape index (κ1) is 10.5. The minimum absolute atomic E-state index is 0.0859. The van der Waals surface area contributed by atoms with E-state index in [1.807, 2.05) is 0 Å². The first-order valence-corrected chi connectivity index (χ1v) is 5.82. The lowest BCUT2D eigenvalue weighted by Gasteiger charge is -2.12. The van der Waals surface area contributed by atoms with Gasteiger partial charge in [0.2, 0.25) is 0 Å². The molecule has 0 spiro atoms. The van der Waals surface area contributed by atoms with Crippen LogP contribution in [0.25, 0.3) is 0 Å². The molecule has 0 saturated carbocycles. The summed E-state index contributed by atoms with van der Waals surface area (Å²) < 4.78 is 1.58. The van der Waals surface area contributed by atoms with Crippen LogP contribution in [0.4, 0.5) is 5.82 Å². The van der Waals surface area contributed by atoms with E-state index in [0.29, 0.717) is 0 Å². The van der Waals surface area contributed by atoms with Gasteiger partial charge < -0.3 is 10.8 Å². The van der Waals surface area contributed by atoms with Crippen molar-refractivity contribution in [3.8, 4) is 0 Å². The van der Waals surface area contributed by atoms with Gasteiger partial charge in [-0.3, -0.25) is 4.57 Å². The van der Waals surface area contributed by atoms with Crippen molar-refractivity contribution >= 4 is 17.6 Å². The summed E-state index contributed by atoms with van der Waals surface area (Å²) in [6.07, 6.45) is 2.48. The van der Waals surface area contributed by atoms with E-state index in [1.54, 1.807) is 28.6 Å². The van der Waals surface area contributed by atoms with Crippen molar-refractivity contribution in [3.05, 3.63) is 22.7 Å². The summed E-state index contributed by atoms with van der Waals surface area (Å²) in [6.45, 7) is 0.181. The zero-order valence-electron chi connectivity index (χ0n) is 8.17. The number of anilines is 1. The lowest BCUT2D eigenvalue weighted by Crippen LogP contribution is -2.25. The normalized spacial score (nSPS) is 25.7. The zero-order chi connectivity index (χ0) is 10.8. The Kier molecular flexibility index (Phi) is 2.97. The maximum Gasteiger partial charge on any atom is 0.350 e. The number of aromatic nitrogens is 2. The third-order valence-corrected chi connectivity index (χ3v) is 3.95. The highest BCUT2D eigenvalue weighted by molar-refractivity contribution is 7.99. The second-order valence-corrected chi connectivity index (χ2v) is 4.83. The van der Waals surface area contributed by atoms with E-state index < -0.39 is 0 Å². The smallest absolute Gasteiger partial charge is 0.350 e. The van der Waals surface area contributed by atoms with Crippen molar-refractivity contribution < 1.29 is 5.11 Å². The largest absolute Gasteiger partial charge is 0.396 e. The van der Waals surface area contributed by atoms with Gasteiger partial charge in [0.15, 0.2) is 0 Å². The second-order valence-electron chi connectivity index (χ2n) is 3.61. The topological polar surface area (TPSA) is 81.1 Å². The summed E-state index contributed by atoms with van der Waals surface area (Å²) in [5.74, 6) is 1.42. The molecule has 15 heavy (non-hydrogen) atoms. The average Bonchev–Trinajstić information content (AvgIpc) is 2.66. The van der Waals surface area contributed by atoms with Crippen molar-refractivity contribution in [2.45, 2.75) is 11.8 Å². The van der Waals surface area contributed by atoms with Crippen molar-refractivity contribution in [3.63, 3.8) is 0 Å². The summed E-state index contributed by atoms with van der Waals surface area (Å²) in [5.41, 5.74) is 5.09. The number of hydrogen-bond donors (Lipinski definition) is 2. The van der Waals surface area contributed by atoms with E-state index in [-0.39, 0.29) is 29.4 Å². The summed E-state index contributed by atoms with van der Waals surface area (Å²) in [7, 11) is 0. The Hall–Kier alpha value is -1.01. The highest BCUT2D eigenvalue weighted by atomic mass is 32.2. The Balaban J connectivity index is 2.20. The van der Waals surface area contributed by atoms with Gasteiger partial charge in [-0.2, -0.15) is 4.98 Å². The van der Waals surface area contributed by atoms with Crippen LogP contribution in [-0.4, -0.2) is 27.0 Å². The number of aliphatic hydroxyl groups excluding tert-OH is 1. The van der Waals surface area contributed by atoms with Crippen molar-refractivity contribution in [2.75, 3.05) is 18.1 Å². The van der Waals surface area contributed by atoms with E-state index >= 15 is 0 Å². The van der Waals surface area contributed by atoms with Crippen LogP contribution in [0.2, 0.25) is 0 Å². The molecule has 82 valence electrons. The maximum atomic E-state index is 11.5. The van der Waals surface area contributed by atoms with Crippen molar-refractivity contribution in [2.24, 2.45) is 5.92 Å². The van der Waals surface area contributed by atoms with Gasteiger partial charge in [-0.1, -0.05) is 0 Å². The van der Waals surface area contributed by atoms with Gasteiger partial charge >= 0.3 is 5.69 Å². The predicted octanol–water partition coefficient (Wildman–Crippen LogP) is 0.0695. The molecule has 0 aliphatic carbocycles. The monoisotopic (exact) mass is 227 g/mol. The van der Waals surface area contributed by atoms with Crippen LogP contribution in [0.1, 0.15) is 11.8 Å². The second kappa shape index (κ2) is 4.24. The maximum absolute atomic E-state index is 11.5. The molecule has 0 bridgehead atoms. The number of aliphatic hydroxyl groups is 1. The van der Waals surface area contributed by atoms with Gasteiger partial charge in [-0.05, 0) is 18.4 Å². The van der Waals surface area contributed by atoms with Crippen molar-refractivity contribution in [1.29, 1.82) is 0 Å². The van der Waals surface area contributed by atoms with Gasteiger partial charge in [0.05, 0.1) is 5.37 Å². The quantitative estimate of drug-likeness (QED) is 0.747. The van der Waals surface area contributed by atoms with E-state index in [2.05, 4.69) is 4.98 Å². The first-order valence-electron chi connectivity index (χ1n) is 4.78. The molecule has 6 heteroatoms. The highest BCUT2D eigenvalue weighted by Crippen LogP contribution is 2.38. The Morgan fingerprint density at radius 1 is 1.73 bits per heavy atom. The van der Waals surface area contributed by atoms with Crippen LogP contribution < -0.4 is 11.4 Å². The lowest BCUT2D eigenvalue weighted by atomic mass is 10.1. The average molecular weight is 227 g/mol. The number of nitrogens with two attached hydrogens (primary N) is 1. The van der Waals surface area contributed by atoms with Gasteiger partial charge in [0, 0.05) is 18.6 Å². The molecule has 2 atom stereocenters. The number of hydrogen-bond acceptors (Lipinski definition) is 5. The Bertz CT molecular complexity index is 407. The number of nitrogen functional groups attached to an aromatic ring is 1. The van der Waals surface area contributed by atoms with Gasteiger partial charge in [0.25, 0.3) is 0 Å². The third kappa shape index (κ3) is 2.15. The van der Waals surface area contributed by atoms with Gasteiger partial charge in [-0.25, -0.2) is 4.79 Å². The van der Waals surface area contributed by atoms with E-state index in [0.717, 1.165) is 12.2 Å². The van der Waals surface area contributed by atoms with Crippen LogP contribution in [0.3, 0.4) is 0 Å². The third-order valence-electron chi connectivity index (χ3n) is 2.48. The number of nitrogens with zero attached hydrogens (tertiary/aromatic N) is 2. The minimum atomic E-state index is -0.314. The molecule has 2 rings (SSSR count). The van der Waals surface area contributed by atoms with E-state index in [1.165, 1.54) is 0 Å². The molecular weight excluding hydrogens is 214 g/mol. The molecule has 5 nitrogen and oxygen atoms in total. The lowest BCUT2D eigenvalue weighted by molar-refractivity contribution is 0.233. The van der Waals surface area contributed by atoms with E-state index in [4.69, 9.17) is 10.8 Å². The summed E-state index contributed by atoms with van der Waals surface area (Å²) in [5, 5.41) is 9.09. The fraction of sp³-hybridized carbons (Fsp3) is 0.556. The zero-order valence-corrected chi connectivity index (χ0v) is 8.98. The van der Waals surface area contributed by atoms with E-state index in [9.17, 15) is 4.79 Å². The minimum Gasteiger partial charge on any atom is -0.396 e. The molecule has 1 aromatic rings. The molecule has 0 amide bonds. The molecule has 1 aliphatic rings. The fourth-order valence-electron chi connectivity index (χ4n) is 1.63. The molecule has 1 aromatic heterocycles. The molecule has 0 radical (unpaired) electrons. The first-order chi connectivity index (χ1) is 7.20. The van der Waals surface area contributed by atoms with Crippen LogP contribution in [-0.2, 0) is 0 Å². The molecule has 1 saturated heterocycles. The van der Waals surface area contributed by atoms with Gasteiger partial charge in [0.1, 0.15) is 5.82 Å². The molecular formula is C9H13N3O2S. The fourth-order valence-corrected chi connectivity index (χ4v) is 3.10. The Morgan fingerprint density at radius 3 is 3.13 bits per heavy atom. The van der Waals surface area contributed by atoms with Crippen LogP contribution in [0.5, 0.6) is 0 Å². The summed E-state index contributed by atoms with van der Waals surface area (Å²) in [6, 6.07) is 1.62. The summed E-state index contributed by atoms with van der Waals surface area (Å²) in [4.78, 5) is 15.2. The SMILES string of the molecule is Nc1ccn([C@H]2C[C@H](CO)CS2)c(=O)n1. The molecule has 0 aromatic carbocycles. The van der Waals surface area contributed by atoms with Crippen LogP contribution in [0, 0.1) is 5.92 Å². The highest BCUT2D eigenvalue weighted by Gasteiger charge is 2.26. The predicted molar refractivity (Wildman–Crippen MR) is 59.6 cm³/mol. The number of thioether (sulfide) groups is 1. The molecule has 2 heterocycles. The van der Waals surface area contributed by atoms with Gasteiger partial charge in [-0.15, -0.1) is 11.8 Å². The number of rotatable bonds is 2. The molecule has 1 aliphatic heterocycles.